The number of amidine groups is 1. The lowest BCUT2D eigenvalue weighted by atomic mass is 9.63. The number of aryl methyl sites for hydroxylation is 2. The maximum Gasteiger partial charge on any atom is 0.140 e. The molecule has 142 valence electrons. The van der Waals surface area contributed by atoms with E-state index in [9.17, 15) is 0 Å². The van der Waals surface area contributed by atoms with Gasteiger partial charge in [0.05, 0.1) is 16.7 Å². The molecule has 4 aliphatic rings. The second-order valence-electron chi connectivity index (χ2n) is 7.87. The van der Waals surface area contributed by atoms with E-state index in [-0.39, 0.29) is 5.41 Å². The van der Waals surface area contributed by atoms with Crippen LogP contribution < -0.4 is 4.74 Å². The minimum atomic E-state index is 0.0996. The minimum Gasteiger partial charge on any atom is -0.489 e. The zero-order chi connectivity index (χ0) is 18.4. The van der Waals surface area contributed by atoms with Gasteiger partial charge in [0.2, 0.25) is 0 Å². The van der Waals surface area contributed by atoms with Crippen LogP contribution >= 0.6 is 11.9 Å². The predicted molar refractivity (Wildman–Crippen MR) is 107 cm³/mol. The van der Waals surface area contributed by atoms with Crippen LogP contribution in [0, 0.1) is 13.8 Å². The van der Waals surface area contributed by atoms with E-state index in [0.29, 0.717) is 12.6 Å². The Labute approximate surface area is 164 Å². The summed E-state index contributed by atoms with van der Waals surface area (Å²) in [5, 5.41) is 3.99. The van der Waals surface area contributed by atoms with Gasteiger partial charge in [-0.1, -0.05) is 17.3 Å². The maximum absolute atomic E-state index is 5.99. The smallest absolute Gasteiger partial charge is 0.140 e. The highest BCUT2D eigenvalue weighted by atomic mass is 32.2. The zero-order valence-corrected chi connectivity index (χ0v) is 16.7. The van der Waals surface area contributed by atoms with Gasteiger partial charge in [-0.2, -0.15) is 0 Å². The number of piperidine rings is 2. The van der Waals surface area contributed by atoms with Crippen molar-refractivity contribution in [2.24, 2.45) is 4.40 Å². The first-order chi connectivity index (χ1) is 13.2. The summed E-state index contributed by atoms with van der Waals surface area (Å²) in [5.41, 5.74) is 3.42. The van der Waals surface area contributed by atoms with Crippen molar-refractivity contribution in [2.75, 3.05) is 12.3 Å². The summed E-state index contributed by atoms with van der Waals surface area (Å²) < 4.78 is 16.1. The summed E-state index contributed by atoms with van der Waals surface area (Å²) in [6.07, 6.45) is 5.00. The number of aromatic nitrogens is 1. The van der Waals surface area contributed by atoms with Gasteiger partial charge in [-0.05, 0) is 69.2 Å². The molecular formula is C21H25N3O2S. The van der Waals surface area contributed by atoms with Crippen LogP contribution in [-0.2, 0) is 12.0 Å². The molecule has 0 radical (unpaired) electrons. The van der Waals surface area contributed by atoms with E-state index < -0.39 is 0 Å². The molecule has 3 aliphatic heterocycles. The second-order valence-corrected chi connectivity index (χ2v) is 8.72. The molecule has 0 amide bonds. The van der Waals surface area contributed by atoms with E-state index in [0.717, 1.165) is 35.1 Å². The Morgan fingerprint density at radius 1 is 1.22 bits per heavy atom. The molecule has 2 bridgehead atoms. The molecule has 6 heteroatoms. The van der Waals surface area contributed by atoms with Crippen molar-refractivity contribution in [1.29, 1.82) is 0 Å². The lowest BCUT2D eigenvalue weighted by molar-refractivity contribution is 0.153. The number of benzene rings is 1. The summed E-state index contributed by atoms with van der Waals surface area (Å²) in [4.78, 5) is 2.59. The van der Waals surface area contributed by atoms with E-state index in [1.807, 2.05) is 13.8 Å². The summed E-state index contributed by atoms with van der Waals surface area (Å²) in [6, 6.07) is 9.40. The highest BCUT2D eigenvalue weighted by molar-refractivity contribution is 7.98. The van der Waals surface area contributed by atoms with Crippen molar-refractivity contribution in [2.45, 2.75) is 57.6 Å². The quantitative estimate of drug-likeness (QED) is 0.731. The molecule has 1 aromatic carbocycles. The fraction of sp³-hybridized carbons (Fsp3) is 0.524. The van der Waals surface area contributed by atoms with Crippen LogP contribution in [0.1, 0.15) is 48.3 Å². The van der Waals surface area contributed by atoms with Gasteiger partial charge >= 0.3 is 0 Å². The van der Waals surface area contributed by atoms with E-state index in [1.54, 1.807) is 11.9 Å². The number of rotatable bonds is 4. The van der Waals surface area contributed by atoms with Crippen LogP contribution in [0.15, 0.2) is 33.2 Å². The van der Waals surface area contributed by atoms with E-state index >= 15 is 0 Å². The molecule has 0 atom stereocenters. The number of hydrogen-bond acceptors (Lipinski definition) is 6. The van der Waals surface area contributed by atoms with Crippen LogP contribution in [-0.4, -0.2) is 34.2 Å². The van der Waals surface area contributed by atoms with Gasteiger partial charge in [-0.3, -0.25) is 0 Å². The van der Waals surface area contributed by atoms with E-state index in [1.165, 1.54) is 37.1 Å². The van der Waals surface area contributed by atoms with Gasteiger partial charge in [0.1, 0.15) is 24.0 Å². The van der Waals surface area contributed by atoms with Gasteiger partial charge in [-0.25, -0.2) is 4.40 Å². The van der Waals surface area contributed by atoms with Gasteiger partial charge in [-0.15, -0.1) is 0 Å². The molecule has 1 aliphatic carbocycles. The van der Waals surface area contributed by atoms with Crippen LogP contribution in [0.5, 0.6) is 5.75 Å². The molecule has 6 rings (SSSR count). The second kappa shape index (κ2) is 6.59. The third-order valence-electron chi connectivity index (χ3n) is 6.50. The van der Waals surface area contributed by atoms with Crippen molar-refractivity contribution in [3.63, 3.8) is 0 Å². The zero-order valence-electron chi connectivity index (χ0n) is 15.9. The first kappa shape index (κ1) is 17.2. The lowest BCUT2D eigenvalue weighted by Gasteiger charge is -2.55. The van der Waals surface area contributed by atoms with Crippen molar-refractivity contribution in [1.82, 2.24) is 10.1 Å². The third-order valence-corrected chi connectivity index (χ3v) is 7.16. The molecule has 1 aromatic heterocycles. The Bertz CT molecular complexity index is 847. The van der Waals surface area contributed by atoms with Crippen LogP contribution in [0.25, 0.3) is 0 Å². The summed E-state index contributed by atoms with van der Waals surface area (Å²) in [5.74, 6) is 4.15. The molecule has 0 unspecified atom stereocenters. The third kappa shape index (κ3) is 2.76. The molecule has 2 saturated heterocycles. The lowest BCUT2D eigenvalue weighted by Crippen LogP contribution is -2.61. The monoisotopic (exact) mass is 383 g/mol. The Morgan fingerprint density at radius 3 is 2.70 bits per heavy atom. The molecule has 3 fully saturated rings. The van der Waals surface area contributed by atoms with Gasteiger partial charge in [0.25, 0.3) is 0 Å². The highest BCUT2D eigenvalue weighted by Gasteiger charge is 2.51. The number of fused-ring (bicyclic) bond motifs is 2. The van der Waals surface area contributed by atoms with Crippen molar-refractivity contribution < 1.29 is 9.26 Å². The number of nitrogens with zero attached hydrogens (tertiary/aromatic N) is 3. The number of ether oxygens (including phenoxy) is 1. The van der Waals surface area contributed by atoms with E-state index in [4.69, 9.17) is 13.7 Å². The van der Waals surface area contributed by atoms with Crippen LogP contribution in [0.4, 0.5) is 0 Å². The SMILES string of the molecule is Cc1noc(C)c1COc1ccc(C23CCC(CC2)N2CCSN=C23)cc1. The van der Waals surface area contributed by atoms with Crippen molar-refractivity contribution >= 4 is 17.8 Å². The average molecular weight is 384 g/mol. The van der Waals surface area contributed by atoms with Crippen LogP contribution in [0.3, 0.4) is 0 Å². The fourth-order valence-corrected chi connectivity index (χ4v) is 5.68. The standard InChI is InChI=1S/C21H25N3O2S/c1-14-19(15(2)26-22-14)13-25-18-5-3-16(4-6-18)21-9-7-17(8-10-21)24-11-12-27-23-20(21)24/h3-6,17H,7-13H2,1-2H3. The molecule has 0 spiro atoms. The van der Waals surface area contributed by atoms with Crippen LogP contribution in [0.2, 0.25) is 0 Å². The molecule has 5 nitrogen and oxygen atoms in total. The Morgan fingerprint density at radius 2 is 2.00 bits per heavy atom. The Hall–Kier alpha value is -1.95. The van der Waals surface area contributed by atoms with Gasteiger partial charge < -0.3 is 14.2 Å². The molecule has 27 heavy (non-hydrogen) atoms. The molecular weight excluding hydrogens is 358 g/mol. The fourth-order valence-electron chi connectivity index (χ4n) is 4.90. The first-order valence-electron chi connectivity index (χ1n) is 9.79. The Kier molecular flexibility index (Phi) is 4.19. The van der Waals surface area contributed by atoms with Crippen molar-refractivity contribution in [3.8, 4) is 5.75 Å². The molecule has 0 N–H and O–H groups in total. The summed E-state index contributed by atoms with van der Waals surface area (Å²) in [7, 11) is 0. The minimum absolute atomic E-state index is 0.0996. The van der Waals surface area contributed by atoms with Gasteiger partial charge in [0, 0.05) is 18.3 Å². The van der Waals surface area contributed by atoms with Gasteiger partial charge in [0.15, 0.2) is 0 Å². The highest BCUT2D eigenvalue weighted by Crippen LogP contribution is 2.49. The maximum atomic E-state index is 5.99. The number of hydrogen-bond donors (Lipinski definition) is 0. The summed E-state index contributed by atoms with van der Waals surface area (Å²) >= 11 is 1.73. The predicted octanol–water partition coefficient (Wildman–Crippen LogP) is 4.43. The summed E-state index contributed by atoms with van der Waals surface area (Å²) in [6.45, 7) is 5.51. The molecule has 1 saturated carbocycles. The average Bonchev–Trinajstić information content (AvgIpc) is 3.05. The largest absolute Gasteiger partial charge is 0.489 e. The van der Waals surface area contributed by atoms with Crippen molar-refractivity contribution in [3.05, 3.63) is 46.8 Å². The normalized spacial score (nSPS) is 26.7. The topological polar surface area (TPSA) is 50.9 Å². The first-order valence-corrected chi connectivity index (χ1v) is 10.7. The molecule has 2 aromatic rings. The Balaban J connectivity index is 1.37. The van der Waals surface area contributed by atoms with E-state index in [2.05, 4.69) is 34.3 Å². The molecule has 4 heterocycles.